The van der Waals surface area contributed by atoms with Gasteiger partial charge in [-0.15, -0.1) is 0 Å². The van der Waals surface area contributed by atoms with Gasteiger partial charge in [0.15, 0.2) is 0 Å². The van der Waals surface area contributed by atoms with Gasteiger partial charge in [-0.25, -0.2) is 0 Å². The lowest BCUT2D eigenvalue weighted by atomic mass is 9.91. The molecule has 3 rings (SSSR count). The third-order valence-corrected chi connectivity index (χ3v) is 5.08. The molecular weight excluding hydrogens is 322 g/mol. The zero-order valence-corrected chi connectivity index (χ0v) is 14.7. The SMILES string of the molecule is COCC1(O)CCN(C(C)C(=O)N2CC(=O)Nc3ccccc32)CC1. The number of hydrogen-bond donors (Lipinski definition) is 2. The second-order valence-corrected chi connectivity index (χ2v) is 6.86. The van der Waals surface area contributed by atoms with Gasteiger partial charge in [-0.1, -0.05) is 12.1 Å². The van der Waals surface area contributed by atoms with Crippen molar-refractivity contribution >= 4 is 23.2 Å². The van der Waals surface area contributed by atoms with E-state index in [4.69, 9.17) is 4.74 Å². The molecule has 1 fully saturated rings. The third kappa shape index (κ3) is 3.68. The molecule has 0 saturated carbocycles. The quantitative estimate of drug-likeness (QED) is 0.843. The fourth-order valence-electron chi connectivity index (χ4n) is 3.55. The van der Waals surface area contributed by atoms with Gasteiger partial charge in [0.2, 0.25) is 11.8 Å². The Morgan fingerprint density at radius 1 is 1.36 bits per heavy atom. The molecule has 7 heteroatoms. The van der Waals surface area contributed by atoms with Crippen LogP contribution in [0.3, 0.4) is 0 Å². The van der Waals surface area contributed by atoms with Crippen LogP contribution in [0.4, 0.5) is 11.4 Å². The Kier molecular flexibility index (Phi) is 5.08. The van der Waals surface area contributed by atoms with Crippen LogP contribution in [0.15, 0.2) is 24.3 Å². The molecule has 25 heavy (non-hydrogen) atoms. The summed E-state index contributed by atoms with van der Waals surface area (Å²) in [6.07, 6.45) is 1.13. The van der Waals surface area contributed by atoms with Crippen molar-refractivity contribution in [3.05, 3.63) is 24.3 Å². The lowest BCUT2D eigenvalue weighted by molar-refractivity contribution is -0.128. The van der Waals surface area contributed by atoms with Crippen molar-refractivity contribution in [2.45, 2.75) is 31.4 Å². The van der Waals surface area contributed by atoms with Gasteiger partial charge in [0.25, 0.3) is 0 Å². The van der Waals surface area contributed by atoms with E-state index in [9.17, 15) is 14.7 Å². The van der Waals surface area contributed by atoms with E-state index >= 15 is 0 Å². The molecule has 2 aliphatic rings. The zero-order chi connectivity index (χ0) is 18.0. The Bertz CT molecular complexity index is 655. The van der Waals surface area contributed by atoms with Crippen LogP contribution in [0.5, 0.6) is 0 Å². The van der Waals surface area contributed by atoms with Crippen molar-refractivity contribution in [3.63, 3.8) is 0 Å². The second kappa shape index (κ2) is 7.11. The zero-order valence-electron chi connectivity index (χ0n) is 14.7. The number of nitrogens with one attached hydrogen (secondary N) is 1. The van der Waals surface area contributed by atoms with Crippen LogP contribution in [0.1, 0.15) is 19.8 Å². The van der Waals surface area contributed by atoms with Crippen LogP contribution in [0, 0.1) is 0 Å². The molecule has 0 spiro atoms. The van der Waals surface area contributed by atoms with E-state index < -0.39 is 5.60 Å². The van der Waals surface area contributed by atoms with Gasteiger partial charge in [0.1, 0.15) is 6.54 Å². The lowest BCUT2D eigenvalue weighted by Gasteiger charge is -2.41. The van der Waals surface area contributed by atoms with E-state index in [0.717, 1.165) is 5.69 Å². The number of anilines is 2. The minimum atomic E-state index is -0.814. The predicted molar refractivity (Wildman–Crippen MR) is 94.5 cm³/mol. The first-order valence-electron chi connectivity index (χ1n) is 8.59. The Morgan fingerprint density at radius 2 is 2.04 bits per heavy atom. The predicted octanol–water partition coefficient (Wildman–Crippen LogP) is 0.833. The highest BCUT2D eigenvalue weighted by Gasteiger charge is 2.37. The standard InChI is InChI=1S/C18H25N3O4/c1-13(20-9-7-18(24,8-10-20)12-25-2)17(23)21-11-16(22)19-14-5-3-4-6-15(14)21/h3-6,13,24H,7-12H2,1-2H3,(H,19,22). The van der Waals surface area contributed by atoms with Gasteiger partial charge >= 0.3 is 0 Å². The van der Waals surface area contributed by atoms with Crippen LogP contribution in [-0.2, 0) is 14.3 Å². The first kappa shape index (κ1) is 17.8. The number of hydrogen-bond acceptors (Lipinski definition) is 5. The molecule has 0 radical (unpaired) electrons. The van der Waals surface area contributed by atoms with E-state index in [1.54, 1.807) is 18.1 Å². The number of carbonyl (C=O) groups is 2. The molecule has 2 aliphatic heterocycles. The summed E-state index contributed by atoms with van der Waals surface area (Å²) in [6, 6.07) is 6.96. The first-order valence-corrected chi connectivity index (χ1v) is 8.59. The molecule has 7 nitrogen and oxygen atoms in total. The molecule has 2 amide bonds. The summed E-state index contributed by atoms with van der Waals surface area (Å²) in [7, 11) is 1.58. The number of amides is 2. The molecule has 0 aliphatic carbocycles. The van der Waals surface area contributed by atoms with Gasteiger partial charge in [-0.2, -0.15) is 0 Å². The van der Waals surface area contributed by atoms with Crippen LogP contribution < -0.4 is 10.2 Å². The number of piperidine rings is 1. The molecule has 2 N–H and O–H groups in total. The van der Waals surface area contributed by atoms with Gasteiger partial charge < -0.3 is 15.2 Å². The third-order valence-electron chi connectivity index (χ3n) is 5.08. The molecule has 1 unspecified atom stereocenters. The van der Waals surface area contributed by atoms with Gasteiger partial charge in [0, 0.05) is 20.2 Å². The Hall–Kier alpha value is -1.96. The normalized spacial score (nSPS) is 21.4. The Balaban J connectivity index is 1.70. The fraction of sp³-hybridized carbons (Fsp3) is 0.556. The smallest absolute Gasteiger partial charge is 0.244 e. The topological polar surface area (TPSA) is 82.1 Å². The molecule has 1 aromatic carbocycles. The maximum Gasteiger partial charge on any atom is 0.244 e. The Morgan fingerprint density at radius 3 is 2.72 bits per heavy atom. The van der Waals surface area contributed by atoms with Crippen molar-refractivity contribution < 1.29 is 19.4 Å². The van der Waals surface area contributed by atoms with Crippen molar-refractivity contribution in [1.82, 2.24) is 4.90 Å². The molecule has 1 aromatic rings. The monoisotopic (exact) mass is 347 g/mol. The van der Waals surface area contributed by atoms with Crippen LogP contribution in [-0.4, -0.2) is 66.8 Å². The summed E-state index contributed by atoms with van der Waals surface area (Å²) in [4.78, 5) is 28.5. The largest absolute Gasteiger partial charge is 0.387 e. The summed E-state index contributed by atoms with van der Waals surface area (Å²) < 4.78 is 5.09. The summed E-state index contributed by atoms with van der Waals surface area (Å²) in [5, 5.41) is 13.2. The highest BCUT2D eigenvalue weighted by Crippen LogP contribution is 2.30. The molecule has 1 atom stereocenters. The number of benzene rings is 1. The van der Waals surface area contributed by atoms with Crippen LogP contribution in [0.25, 0.3) is 0 Å². The molecular formula is C18H25N3O4. The summed E-state index contributed by atoms with van der Waals surface area (Å²) in [5.74, 6) is -0.285. The number of methoxy groups -OCH3 is 1. The molecule has 2 heterocycles. The van der Waals surface area contributed by atoms with Crippen molar-refractivity contribution in [2.24, 2.45) is 0 Å². The minimum absolute atomic E-state index is 0.0294. The number of rotatable bonds is 4. The summed E-state index contributed by atoms with van der Waals surface area (Å²) >= 11 is 0. The van der Waals surface area contributed by atoms with E-state index in [1.165, 1.54) is 0 Å². The number of carbonyl (C=O) groups excluding carboxylic acids is 2. The van der Waals surface area contributed by atoms with Crippen molar-refractivity contribution in [1.29, 1.82) is 0 Å². The lowest BCUT2D eigenvalue weighted by Crippen LogP contribution is -2.55. The minimum Gasteiger partial charge on any atom is -0.387 e. The maximum atomic E-state index is 13.0. The highest BCUT2D eigenvalue weighted by molar-refractivity contribution is 6.11. The number of fused-ring (bicyclic) bond motifs is 1. The number of ether oxygens (including phenoxy) is 1. The van der Waals surface area contributed by atoms with Crippen molar-refractivity contribution in [3.8, 4) is 0 Å². The molecule has 1 saturated heterocycles. The number of para-hydroxylation sites is 2. The molecule has 0 bridgehead atoms. The van der Waals surface area contributed by atoms with Crippen LogP contribution >= 0.6 is 0 Å². The number of nitrogens with zero attached hydrogens (tertiary/aromatic N) is 2. The summed E-state index contributed by atoms with van der Waals surface area (Å²) in [5.41, 5.74) is 0.574. The van der Waals surface area contributed by atoms with Gasteiger partial charge in [-0.3, -0.25) is 19.4 Å². The fourth-order valence-corrected chi connectivity index (χ4v) is 3.55. The van der Waals surface area contributed by atoms with E-state index in [1.807, 2.05) is 25.1 Å². The Labute approximate surface area is 147 Å². The first-order chi connectivity index (χ1) is 11.9. The number of aliphatic hydroxyl groups is 1. The molecule has 136 valence electrons. The number of likely N-dealkylation sites (tertiary alicyclic amines) is 1. The summed E-state index contributed by atoms with van der Waals surface area (Å²) in [6.45, 7) is 3.44. The van der Waals surface area contributed by atoms with E-state index in [0.29, 0.717) is 38.2 Å². The second-order valence-electron chi connectivity index (χ2n) is 6.86. The average molecular weight is 347 g/mol. The highest BCUT2D eigenvalue weighted by atomic mass is 16.5. The van der Waals surface area contributed by atoms with Crippen LogP contribution in [0.2, 0.25) is 0 Å². The van der Waals surface area contributed by atoms with Gasteiger partial charge in [0.05, 0.1) is 29.6 Å². The van der Waals surface area contributed by atoms with E-state index in [2.05, 4.69) is 10.2 Å². The average Bonchev–Trinajstić information content (AvgIpc) is 2.60. The molecule has 0 aromatic heterocycles. The van der Waals surface area contributed by atoms with E-state index in [-0.39, 0.29) is 24.4 Å². The maximum absolute atomic E-state index is 13.0. The van der Waals surface area contributed by atoms with Crippen molar-refractivity contribution in [2.75, 3.05) is 43.6 Å². The van der Waals surface area contributed by atoms with Gasteiger partial charge in [-0.05, 0) is 31.9 Å².